The summed E-state index contributed by atoms with van der Waals surface area (Å²) in [6.45, 7) is -0.245. The van der Waals surface area contributed by atoms with Crippen molar-refractivity contribution in [2.45, 2.75) is 18.8 Å². The summed E-state index contributed by atoms with van der Waals surface area (Å²) in [6, 6.07) is 7.12. The van der Waals surface area contributed by atoms with Crippen LogP contribution in [0.4, 0.5) is 17.5 Å². The van der Waals surface area contributed by atoms with Gasteiger partial charge in [-0.15, -0.1) is 0 Å². The second-order valence-electron chi connectivity index (χ2n) is 5.25. The first-order chi connectivity index (χ1) is 11.0. The number of carboxylic acids is 1. The summed E-state index contributed by atoms with van der Waals surface area (Å²) in [6.07, 6.45) is 2.15. The smallest absolute Gasteiger partial charge is 0.322 e. The van der Waals surface area contributed by atoms with Gasteiger partial charge in [-0.1, -0.05) is 29.3 Å². The number of anilines is 3. The number of nitrogens with zero attached hydrogens (tertiary/aromatic N) is 2. The van der Waals surface area contributed by atoms with Crippen LogP contribution in [0.3, 0.4) is 0 Å². The molecule has 1 heterocycles. The van der Waals surface area contributed by atoms with Gasteiger partial charge >= 0.3 is 5.97 Å². The second-order valence-corrected chi connectivity index (χ2v) is 6.03. The molecule has 1 aliphatic rings. The Morgan fingerprint density at radius 3 is 2.78 bits per heavy atom. The summed E-state index contributed by atoms with van der Waals surface area (Å²) >= 11 is 12.2. The number of aliphatic carboxylic acids is 1. The number of hydrogen-bond donors (Lipinski definition) is 3. The molecule has 2 aromatic rings. The van der Waals surface area contributed by atoms with Gasteiger partial charge in [0, 0.05) is 12.0 Å². The van der Waals surface area contributed by atoms with Gasteiger partial charge in [0.2, 0.25) is 5.95 Å². The fraction of sp³-hybridized carbons (Fsp3) is 0.267. The Bertz CT molecular complexity index is 750. The molecule has 0 spiro atoms. The fourth-order valence-electron chi connectivity index (χ4n) is 2.09. The predicted molar refractivity (Wildman–Crippen MR) is 89.9 cm³/mol. The van der Waals surface area contributed by atoms with Gasteiger partial charge in [-0.05, 0) is 25.0 Å². The van der Waals surface area contributed by atoms with Crippen molar-refractivity contribution in [2.24, 2.45) is 0 Å². The first kappa shape index (κ1) is 15.8. The van der Waals surface area contributed by atoms with Crippen LogP contribution in [-0.4, -0.2) is 27.6 Å². The van der Waals surface area contributed by atoms with Crippen LogP contribution in [0.15, 0.2) is 24.3 Å². The van der Waals surface area contributed by atoms with E-state index < -0.39 is 5.97 Å². The third-order valence-corrected chi connectivity index (χ3v) is 4.17. The minimum Gasteiger partial charge on any atom is -0.480 e. The van der Waals surface area contributed by atoms with Crippen molar-refractivity contribution in [2.75, 3.05) is 17.2 Å². The van der Waals surface area contributed by atoms with Crippen LogP contribution >= 0.6 is 23.2 Å². The summed E-state index contributed by atoms with van der Waals surface area (Å²) in [5.41, 5.74) is 1.51. The molecule has 0 bridgehead atoms. The van der Waals surface area contributed by atoms with Crippen molar-refractivity contribution >= 4 is 46.6 Å². The third kappa shape index (κ3) is 4.03. The molecule has 1 aromatic carbocycles. The fourth-order valence-corrected chi connectivity index (χ4v) is 2.44. The highest BCUT2D eigenvalue weighted by atomic mass is 35.5. The van der Waals surface area contributed by atoms with Gasteiger partial charge in [0.05, 0.1) is 21.4 Å². The van der Waals surface area contributed by atoms with E-state index in [0.717, 1.165) is 18.5 Å². The van der Waals surface area contributed by atoms with Crippen molar-refractivity contribution in [3.8, 4) is 0 Å². The second kappa shape index (κ2) is 6.60. The van der Waals surface area contributed by atoms with Gasteiger partial charge in [-0.3, -0.25) is 4.79 Å². The molecule has 8 heteroatoms. The molecule has 0 atom stereocenters. The molecule has 23 heavy (non-hydrogen) atoms. The topological polar surface area (TPSA) is 87.1 Å². The Labute approximate surface area is 142 Å². The van der Waals surface area contributed by atoms with E-state index in [1.807, 2.05) is 6.07 Å². The summed E-state index contributed by atoms with van der Waals surface area (Å²) in [5.74, 6) is 0.244. The van der Waals surface area contributed by atoms with Gasteiger partial charge in [-0.2, -0.15) is 4.98 Å². The molecular formula is C15H14Cl2N4O2. The van der Waals surface area contributed by atoms with E-state index in [0.29, 0.717) is 27.5 Å². The molecule has 3 rings (SSSR count). The normalized spacial score (nSPS) is 13.7. The highest BCUT2D eigenvalue weighted by Crippen LogP contribution is 2.40. The number of benzene rings is 1. The number of rotatable bonds is 6. The quantitative estimate of drug-likeness (QED) is 0.730. The van der Waals surface area contributed by atoms with E-state index in [4.69, 9.17) is 28.3 Å². The van der Waals surface area contributed by atoms with Crippen LogP contribution in [-0.2, 0) is 4.79 Å². The monoisotopic (exact) mass is 352 g/mol. The van der Waals surface area contributed by atoms with Crippen molar-refractivity contribution in [1.29, 1.82) is 0 Å². The maximum Gasteiger partial charge on any atom is 0.322 e. The predicted octanol–water partition coefficient (Wildman–Crippen LogP) is 3.90. The summed E-state index contributed by atoms with van der Waals surface area (Å²) in [4.78, 5) is 19.3. The number of carboxylic acid groups (broad SMARTS) is 1. The van der Waals surface area contributed by atoms with Gasteiger partial charge in [0.1, 0.15) is 12.4 Å². The molecule has 3 N–H and O–H groups in total. The molecule has 0 aliphatic heterocycles. The molecule has 1 fully saturated rings. The lowest BCUT2D eigenvalue weighted by Gasteiger charge is -2.12. The summed E-state index contributed by atoms with van der Waals surface area (Å²) < 4.78 is 0. The summed E-state index contributed by atoms with van der Waals surface area (Å²) in [5, 5.41) is 15.4. The lowest BCUT2D eigenvalue weighted by atomic mass is 10.2. The molecule has 1 aliphatic carbocycles. The van der Waals surface area contributed by atoms with Gasteiger partial charge in [-0.25, -0.2) is 4.98 Å². The van der Waals surface area contributed by atoms with E-state index in [9.17, 15) is 4.79 Å². The van der Waals surface area contributed by atoms with E-state index in [2.05, 4.69) is 20.6 Å². The van der Waals surface area contributed by atoms with Crippen LogP contribution in [0, 0.1) is 0 Å². The number of hydrogen-bond acceptors (Lipinski definition) is 5. The minimum atomic E-state index is -0.974. The number of halogens is 2. The summed E-state index contributed by atoms with van der Waals surface area (Å²) in [7, 11) is 0. The zero-order valence-corrected chi connectivity index (χ0v) is 13.5. The Balaban J connectivity index is 1.88. The van der Waals surface area contributed by atoms with Crippen molar-refractivity contribution in [3.05, 3.63) is 40.0 Å². The lowest BCUT2D eigenvalue weighted by Crippen LogP contribution is -2.15. The van der Waals surface area contributed by atoms with E-state index >= 15 is 0 Å². The highest BCUT2D eigenvalue weighted by molar-refractivity contribution is 6.43. The standard InChI is InChI=1S/C15H14Cl2N4O2/c16-9-2-1-3-10(14(9)17)19-12-6-11(8-4-5-8)20-15(21-12)18-7-13(22)23/h1-3,6,8H,4-5,7H2,(H,22,23)(H2,18,19,20,21). The Kier molecular flexibility index (Phi) is 4.54. The molecular weight excluding hydrogens is 339 g/mol. The van der Waals surface area contributed by atoms with Crippen molar-refractivity contribution < 1.29 is 9.90 Å². The van der Waals surface area contributed by atoms with E-state index in [-0.39, 0.29) is 12.5 Å². The third-order valence-electron chi connectivity index (χ3n) is 3.35. The average Bonchev–Trinajstić information content (AvgIpc) is 3.34. The minimum absolute atomic E-state index is 0.245. The molecule has 120 valence electrons. The zero-order chi connectivity index (χ0) is 16.4. The number of carbonyl (C=O) groups is 1. The van der Waals surface area contributed by atoms with Crippen LogP contribution in [0.2, 0.25) is 10.0 Å². The first-order valence-corrected chi connectivity index (χ1v) is 7.84. The van der Waals surface area contributed by atoms with Crippen molar-refractivity contribution in [3.63, 3.8) is 0 Å². The Hall–Kier alpha value is -2.05. The molecule has 0 unspecified atom stereocenters. The van der Waals surface area contributed by atoms with E-state index in [1.54, 1.807) is 18.2 Å². The molecule has 1 aromatic heterocycles. The van der Waals surface area contributed by atoms with Crippen LogP contribution in [0.25, 0.3) is 0 Å². The molecule has 0 saturated heterocycles. The van der Waals surface area contributed by atoms with Crippen LogP contribution in [0.1, 0.15) is 24.5 Å². The first-order valence-electron chi connectivity index (χ1n) is 7.08. The number of nitrogens with one attached hydrogen (secondary N) is 2. The van der Waals surface area contributed by atoms with Crippen molar-refractivity contribution in [1.82, 2.24) is 9.97 Å². The maximum absolute atomic E-state index is 10.7. The molecule has 1 saturated carbocycles. The Morgan fingerprint density at radius 2 is 2.09 bits per heavy atom. The van der Waals surface area contributed by atoms with E-state index in [1.165, 1.54) is 0 Å². The zero-order valence-electron chi connectivity index (χ0n) is 12.0. The molecule has 6 nitrogen and oxygen atoms in total. The largest absolute Gasteiger partial charge is 0.480 e. The van der Waals surface area contributed by atoms with Crippen LogP contribution in [0.5, 0.6) is 0 Å². The van der Waals surface area contributed by atoms with Gasteiger partial charge < -0.3 is 15.7 Å². The molecule has 0 radical (unpaired) electrons. The molecule has 0 amide bonds. The Morgan fingerprint density at radius 1 is 1.30 bits per heavy atom. The SMILES string of the molecule is O=C(O)CNc1nc(Nc2cccc(Cl)c2Cl)cc(C2CC2)n1. The van der Waals surface area contributed by atoms with Crippen LogP contribution < -0.4 is 10.6 Å². The maximum atomic E-state index is 10.7. The lowest BCUT2D eigenvalue weighted by molar-refractivity contribution is -0.134. The number of aromatic nitrogens is 2. The average molecular weight is 353 g/mol. The van der Waals surface area contributed by atoms with Gasteiger partial charge in [0.25, 0.3) is 0 Å². The van der Waals surface area contributed by atoms with Gasteiger partial charge in [0.15, 0.2) is 0 Å². The highest BCUT2D eigenvalue weighted by Gasteiger charge is 2.26.